The molecule has 0 saturated carbocycles. The monoisotopic (exact) mass is 466 g/mol. The van der Waals surface area contributed by atoms with Gasteiger partial charge in [-0.2, -0.15) is 0 Å². The second-order valence-electron chi connectivity index (χ2n) is 8.92. The Morgan fingerprint density at radius 2 is 1.51 bits per heavy atom. The second-order valence-corrected chi connectivity index (χ2v) is 8.92. The largest absolute Gasteiger partial charge is 0.467 e. The molecule has 4 rings (SSSR count). The number of aryl methyl sites for hydroxylation is 2. The topological polar surface area (TPSA) is 53.8 Å². The summed E-state index contributed by atoms with van der Waals surface area (Å²) in [6, 6.07) is 27.1. The Balaban J connectivity index is 1.53. The van der Waals surface area contributed by atoms with Gasteiger partial charge in [-0.05, 0) is 61.4 Å². The number of nitrogens with zero attached hydrogens (tertiary/aromatic N) is 2. The lowest BCUT2D eigenvalue weighted by molar-refractivity contribution is -0.129. The molecule has 0 N–H and O–H groups in total. The van der Waals surface area contributed by atoms with Crippen LogP contribution in [0.15, 0.2) is 95.6 Å². The van der Waals surface area contributed by atoms with E-state index in [0.29, 0.717) is 18.7 Å². The minimum Gasteiger partial charge on any atom is -0.467 e. The van der Waals surface area contributed by atoms with Gasteiger partial charge in [0.15, 0.2) is 0 Å². The van der Waals surface area contributed by atoms with Gasteiger partial charge in [-0.25, -0.2) is 0 Å². The first-order chi connectivity index (χ1) is 16.9. The van der Waals surface area contributed by atoms with E-state index in [1.165, 1.54) is 0 Å². The van der Waals surface area contributed by atoms with Gasteiger partial charge in [0, 0.05) is 18.3 Å². The van der Waals surface area contributed by atoms with E-state index in [2.05, 4.69) is 6.07 Å². The SMILES string of the molecule is Cc1ccc(C(=O)N(Cc2cccc(C)c2)c2ccc(CC(=O)N(C)Cc3ccco3)cc2)cc1. The molecule has 1 heterocycles. The van der Waals surface area contributed by atoms with Crippen molar-refractivity contribution in [2.45, 2.75) is 33.4 Å². The van der Waals surface area contributed by atoms with Crippen LogP contribution in [0.4, 0.5) is 5.69 Å². The number of carbonyl (C=O) groups excluding carboxylic acids is 2. The van der Waals surface area contributed by atoms with Crippen molar-refractivity contribution in [3.05, 3.63) is 125 Å². The summed E-state index contributed by atoms with van der Waals surface area (Å²) in [5, 5.41) is 0. The van der Waals surface area contributed by atoms with E-state index in [1.54, 1.807) is 23.1 Å². The van der Waals surface area contributed by atoms with Crippen molar-refractivity contribution in [2.75, 3.05) is 11.9 Å². The maximum absolute atomic E-state index is 13.5. The van der Waals surface area contributed by atoms with Crippen LogP contribution in [0.1, 0.15) is 38.4 Å². The summed E-state index contributed by atoms with van der Waals surface area (Å²) in [7, 11) is 1.77. The van der Waals surface area contributed by atoms with E-state index in [-0.39, 0.29) is 18.2 Å². The molecule has 35 heavy (non-hydrogen) atoms. The molecule has 5 heteroatoms. The molecule has 0 atom stereocenters. The third-order valence-electron chi connectivity index (χ3n) is 5.97. The smallest absolute Gasteiger partial charge is 0.258 e. The molecule has 178 valence electrons. The predicted octanol–water partition coefficient (Wildman–Crippen LogP) is 5.94. The Morgan fingerprint density at radius 1 is 0.771 bits per heavy atom. The van der Waals surface area contributed by atoms with E-state index < -0.39 is 0 Å². The summed E-state index contributed by atoms with van der Waals surface area (Å²) >= 11 is 0. The van der Waals surface area contributed by atoms with Crippen molar-refractivity contribution in [1.82, 2.24) is 4.90 Å². The van der Waals surface area contributed by atoms with Gasteiger partial charge in [0.1, 0.15) is 5.76 Å². The molecule has 0 aliphatic rings. The van der Waals surface area contributed by atoms with Crippen LogP contribution in [0.3, 0.4) is 0 Å². The third-order valence-corrected chi connectivity index (χ3v) is 5.97. The van der Waals surface area contributed by atoms with Gasteiger partial charge >= 0.3 is 0 Å². The Labute approximate surface area is 206 Å². The Hall–Kier alpha value is -4.12. The molecule has 1 aromatic heterocycles. The summed E-state index contributed by atoms with van der Waals surface area (Å²) in [4.78, 5) is 29.6. The van der Waals surface area contributed by atoms with Crippen molar-refractivity contribution in [2.24, 2.45) is 0 Å². The number of benzene rings is 3. The number of furan rings is 1. The standard InChI is InChI=1S/C30H30N2O3/c1-22-9-13-26(14-10-22)30(34)32(20-25-7-4-6-23(2)18-25)27-15-11-24(12-16-27)19-29(33)31(3)21-28-8-5-17-35-28/h4-18H,19-21H2,1-3H3. The van der Waals surface area contributed by atoms with E-state index in [9.17, 15) is 9.59 Å². The first-order valence-electron chi connectivity index (χ1n) is 11.7. The molecular formula is C30H30N2O3. The molecule has 0 aliphatic heterocycles. The lowest BCUT2D eigenvalue weighted by Gasteiger charge is -2.24. The fourth-order valence-corrected chi connectivity index (χ4v) is 3.95. The normalized spacial score (nSPS) is 10.7. The number of amides is 2. The molecule has 0 fully saturated rings. The van der Waals surface area contributed by atoms with Crippen molar-refractivity contribution in [1.29, 1.82) is 0 Å². The maximum atomic E-state index is 13.5. The zero-order chi connectivity index (χ0) is 24.8. The zero-order valence-electron chi connectivity index (χ0n) is 20.4. The number of hydrogen-bond acceptors (Lipinski definition) is 3. The number of rotatable bonds is 8. The Bertz CT molecular complexity index is 1280. The van der Waals surface area contributed by atoms with Crippen molar-refractivity contribution in [3.8, 4) is 0 Å². The second kappa shape index (κ2) is 10.9. The fourth-order valence-electron chi connectivity index (χ4n) is 3.95. The number of anilines is 1. The quantitative estimate of drug-likeness (QED) is 0.323. The van der Waals surface area contributed by atoms with E-state index in [0.717, 1.165) is 33.7 Å². The van der Waals surface area contributed by atoms with Crippen LogP contribution < -0.4 is 4.90 Å². The third kappa shape index (κ3) is 6.27. The average molecular weight is 467 g/mol. The van der Waals surface area contributed by atoms with Gasteiger partial charge in [0.25, 0.3) is 5.91 Å². The van der Waals surface area contributed by atoms with E-state index in [4.69, 9.17) is 4.42 Å². The van der Waals surface area contributed by atoms with Gasteiger partial charge in [-0.3, -0.25) is 9.59 Å². The van der Waals surface area contributed by atoms with Crippen LogP contribution in [0.25, 0.3) is 0 Å². The molecule has 0 saturated heterocycles. The summed E-state index contributed by atoms with van der Waals surface area (Å²) in [6.07, 6.45) is 1.88. The van der Waals surface area contributed by atoms with Crippen LogP contribution >= 0.6 is 0 Å². The number of carbonyl (C=O) groups is 2. The molecule has 0 spiro atoms. The van der Waals surface area contributed by atoms with Gasteiger partial charge in [-0.1, -0.05) is 59.7 Å². The summed E-state index contributed by atoms with van der Waals surface area (Å²) in [5.74, 6) is 0.688. The molecule has 0 aliphatic carbocycles. The molecule has 2 amide bonds. The summed E-state index contributed by atoms with van der Waals surface area (Å²) in [6.45, 7) is 4.94. The van der Waals surface area contributed by atoms with Crippen LogP contribution in [0.5, 0.6) is 0 Å². The lowest BCUT2D eigenvalue weighted by Crippen LogP contribution is -2.30. The van der Waals surface area contributed by atoms with Crippen LogP contribution in [-0.2, 0) is 24.3 Å². The molecule has 4 aromatic rings. The van der Waals surface area contributed by atoms with Crippen molar-refractivity contribution < 1.29 is 14.0 Å². The first-order valence-corrected chi connectivity index (χ1v) is 11.7. The fraction of sp³-hybridized carbons (Fsp3) is 0.200. The van der Waals surface area contributed by atoms with E-state index >= 15 is 0 Å². The molecule has 5 nitrogen and oxygen atoms in total. The molecule has 0 radical (unpaired) electrons. The highest BCUT2D eigenvalue weighted by Crippen LogP contribution is 2.22. The maximum Gasteiger partial charge on any atom is 0.258 e. The highest BCUT2D eigenvalue weighted by atomic mass is 16.3. The van der Waals surface area contributed by atoms with Crippen LogP contribution in [0.2, 0.25) is 0 Å². The summed E-state index contributed by atoms with van der Waals surface area (Å²) < 4.78 is 5.34. The number of hydrogen-bond donors (Lipinski definition) is 0. The van der Waals surface area contributed by atoms with Crippen LogP contribution in [0, 0.1) is 13.8 Å². The van der Waals surface area contributed by atoms with Crippen molar-refractivity contribution >= 4 is 17.5 Å². The average Bonchev–Trinajstić information content (AvgIpc) is 3.36. The van der Waals surface area contributed by atoms with E-state index in [1.807, 2.05) is 92.7 Å². The minimum absolute atomic E-state index is 0.00139. The molecule has 0 bridgehead atoms. The first kappa shape index (κ1) is 24.0. The van der Waals surface area contributed by atoms with Gasteiger partial charge < -0.3 is 14.2 Å². The highest BCUT2D eigenvalue weighted by molar-refractivity contribution is 6.06. The van der Waals surface area contributed by atoms with Gasteiger partial charge in [0.2, 0.25) is 5.91 Å². The Morgan fingerprint density at radius 3 is 2.17 bits per heavy atom. The molecule has 0 unspecified atom stereocenters. The van der Waals surface area contributed by atoms with Gasteiger partial charge in [0.05, 0.1) is 25.8 Å². The Kier molecular flexibility index (Phi) is 7.46. The highest BCUT2D eigenvalue weighted by Gasteiger charge is 2.19. The van der Waals surface area contributed by atoms with Crippen molar-refractivity contribution in [3.63, 3.8) is 0 Å². The number of likely N-dealkylation sites (N-methyl/N-ethyl adjacent to an activating group) is 1. The molecular weight excluding hydrogens is 436 g/mol. The predicted molar refractivity (Wildman–Crippen MR) is 138 cm³/mol. The minimum atomic E-state index is -0.0616. The van der Waals surface area contributed by atoms with Crippen LogP contribution in [-0.4, -0.2) is 23.8 Å². The molecule has 3 aromatic carbocycles. The lowest BCUT2D eigenvalue weighted by atomic mass is 10.1. The zero-order valence-corrected chi connectivity index (χ0v) is 20.4. The van der Waals surface area contributed by atoms with Gasteiger partial charge in [-0.15, -0.1) is 0 Å². The summed E-state index contributed by atoms with van der Waals surface area (Å²) in [5.41, 5.74) is 5.64.